The number of halogens is 1. The van der Waals surface area contributed by atoms with Crippen LogP contribution in [0.1, 0.15) is 21.5 Å². The molecule has 8 heteroatoms. The fraction of sp³-hybridized carbons (Fsp3) is 0.118. The molecule has 0 bridgehead atoms. The molecule has 25 heavy (non-hydrogen) atoms. The Labute approximate surface area is 151 Å². The maximum absolute atomic E-state index is 12.0. The molecule has 1 aliphatic carbocycles. The summed E-state index contributed by atoms with van der Waals surface area (Å²) in [7, 11) is 0. The molecule has 0 saturated carbocycles. The highest BCUT2D eigenvalue weighted by molar-refractivity contribution is 9.10. The Morgan fingerprint density at radius 3 is 2.72 bits per heavy atom. The first-order valence-corrected chi connectivity index (χ1v) is 8.20. The topological polar surface area (TPSA) is 101 Å². The van der Waals surface area contributed by atoms with Crippen molar-refractivity contribution in [1.82, 2.24) is 15.7 Å². The Kier molecular flexibility index (Phi) is 4.99. The summed E-state index contributed by atoms with van der Waals surface area (Å²) in [6, 6.07) is 8.56. The van der Waals surface area contributed by atoms with Crippen molar-refractivity contribution in [2.24, 2.45) is 5.10 Å². The first kappa shape index (κ1) is 17.0. The van der Waals surface area contributed by atoms with Gasteiger partial charge in [-0.2, -0.15) is 5.10 Å². The lowest BCUT2D eigenvalue weighted by molar-refractivity contribution is -0.120. The quantitative estimate of drug-likeness (QED) is 0.753. The third-order valence-electron chi connectivity index (χ3n) is 3.59. The van der Waals surface area contributed by atoms with Crippen LogP contribution >= 0.6 is 15.9 Å². The van der Waals surface area contributed by atoms with Gasteiger partial charge in [0.05, 0.1) is 6.54 Å². The van der Waals surface area contributed by atoms with E-state index in [9.17, 15) is 14.4 Å². The first-order valence-electron chi connectivity index (χ1n) is 7.41. The van der Waals surface area contributed by atoms with Crippen molar-refractivity contribution in [2.45, 2.75) is 6.42 Å². The van der Waals surface area contributed by atoms with E-state index in [0.717, 1.165) is 10.0 Å². The van der Waals surface area contributed by atoms with Crippen LogP contribution in [-0.2, 0) is 16.0 Å². The Morgan fingerprint density at radius 1 is 1.20 bits per heavy atom. The van der Waals surface area contributed by atoms with Crippen molar-refractivity contribution in [3.63, 3.8) is 0 Å². The lowest BCUT2D eigenvalue weighted by Crippen LogP contribution is -2.35. The number of carbonyl (C=O) groups is 3. The van der Waals surface area contributed by atoms with E-state index in [1.807, 2.05) is 12.1 Å². The van der Waals surface area contributed by atoms with E-state index < -0.39 is 11.8 Å². The molecule has 1 heterocycles. The van der Waals surface area contributed by atoms with Crippen LogP contribution in [0.3, 0.4) is 0 Å². The van der Waals surface area contributed by atoms with E-state index >= 15 is 0 Å². The van der Waals surface area contributed by atoms with Crippen LogP contribution in [0.15, 0.2) is 52.3 Å². The molecule has 2 aromatic rings. The Balaban J connectivity index is 1.61. The molecular formula is C17H13BrN4O3. The smallest absolute Gasteiger partial charge is 0.259 e. The second-order valence-electron chi connectivity index (χ2n) is 5.32. The number of ketones is 1. The molecule has 0 saturated heterocycles. The average molecular weight is 401 g/mol. The van der Waals surface area contributed by atoms with Gasteiger partial charge < -0.3 is 5.32 Å². The van der Waals surface area contributed by atoms with Crippen molar-refractivity contribution in [1.29, 1.82) is 0 Å². The lowest BCUT2D eigenvalue weighted by atomic mass is 10.1. The number of aromatic nitrogens is 1. The van der Waals surface area contributed by atoms with E-state index in [1.165, 1.54) is 12.4 Å². The normalized spacial score (nSPS) is 14.3. The maximum Gasteiger partial charge on any atom is 0.259 e. The van der Waals surface area contributed by atoms with Crippen LogP contribution in [0, 0.1) is 0 Å². The van der Waals surface area contributed by atoms with Crippen molar-refractivity contribution in [3.8, 4) is 0 Å². The van der Waals surface area contributed by atoms with E-state index in [2.05, 4.69) is 36.8 Å². The Morgan fingerprint density at radius 2 is 1.96 bits per heavy atom. The molecule has 0 aliphatic heterocycles. The largest absolute Gasteiger partial charge is 0.343 e. The number of hydrogen-bond acceptors (Lipinski definition) is 5. The number of carbonyl (C=O) groups excluding carboxylic acids is 3. The minimum absolute atomic E-state index is 0.158. The second kappa shape index (κ2) is 7.35. The zero-order valence-electron chi connectivity index (χ0n) is 13.0. The number of nitrogens with zero attached hydrogens (tertiary/aromatic N) is 2. The fourth-order valence-corrected chi connectivity index (χ4v) is 2.74. The van der Waals surface area contributed by atoms with Gasteiger partial charge in [-0.15, -0.1) is 0 Å². The molecule has 0 unspecified atom stereocenters. The molecule has 1 aromatic heterocycles. The highest BCUT2D eigenvalue weighted by Crippen LogP contribution is 2.23. The summed E-state index contributed by atoms with van der Waals surface area (Å²) in [5, 5.41) is 6.40. The molecule has 7 nitrogen and oxygen atoms in total. The van der Waals surface area contributed by atoms with E-state index in [4.69, 9.17) is 0 Å². The molecular weight excluding hydrogens is 388 g/mol. The van der Waals surface area contributed by atoms with Crippen LogP contribution < -0.4 is 10.7 Å². The highest BCUT2D eigenvalue weighted by atomic mass is 79.9. The van der Waals surface area contributed by atoms with Crippen molar-refractivity contribution in [2.75, 3.05) is 6.54 Å². The number of fused-ring (bicyclic) bond motifs is 1. The van der Waals surface area contributed by atoms with Gasteiger partial charge >= 0.3 is 0 Å². The minimum Gasteiger partial charge on any atom is -0.343 e. The minimum atomic E-state index is -0.522. The standard InChI is InChI=1S/C17H13BrN4O3/c18-12-2-1-11-7-14(23)16(13(11)8-12)22-21-15(24)9-20-17(25)10-3-5-19-6-4-10/h1-6,8H,7,9H2,(H,20,25)(H,21,24)/b22-16-. The van der Waals surface area contributed by atoms with Gasteiger partial charge in [0.25, 0.3) is 11.8 Å². The summed E-state index contributed by atoms with van der Waals surface area (Å²) in [6.45, 7) is -0.253. The Hall–Kier alpha value is -2.87. The number of hydrogen-bond donors (Lipinski definition) is 2. The van der Waals surface area contributed by atoms with Crippen LogP contribution in [-0.4, -0.2) is 34.8 Å². The van der Waals surface area contributed by atoms with Crippen molar-refractivity contribution in [3.05, 3.63) is 63.9 Å². The monoisotopic (exact) mass is 400 g/mol. The molecule has 2 N–H and O–H groups in total. The molecule has 0 spiro atoms. The number of Topliss-reactive ketones (excluding diaryl/α,β-unsaturated/α-hetero) is 1. The van der Waals surface area contributed by atoms with E-state index in [0.29, 0.717) is 11.1 Å². The highest BCUT2D eigenvalue weighted by Gasteiger charge is 2.26. The van der Waals surface area contributed by atoms with Gasteiger partial charge in [0.1, 0.15) is 5.71 Å². The van der Waals surface area contributed by atoms with Gasteiger partial charge in [0, 0.05) is 34.4 Å². The molecule has 0 radical (unpaired) electrons. The van der Waals surface area contributed by atoms with Crippen molar-refractivity contribution >= 4 is 39.2 Å². The number of hydrazone groups is 1. The number of pyridine rings is 1. The third kappa shape index (κ3) is 3.97. The van der Waals surface area contributed by atoms with Gasteiger partial charge in [-0.3, -0.25) is 19.4 Å². The summed E-state index contributed by atoms with van der Waals surface area (Å²) in [5.74, 6) is -1.07. The molecule has 1 aliphatic rings. The van der Waals surface area contributed by atoms with Crippen LogP contribution in [0.5, 0.6) is 0 Å². The third-order valence-corrected chi connectivity index (χ3v) is 4.08. The van der Waals surface area contributed by atoms with Crippen LogP contribution in [0.4, 0.5) is 0 Å². The number of nitrogens with one attached hydrogen (secondary N) is 2. The summed E-state index contributed by atoms with van der Waals surface area (Å²) in [6.07, 6.45) is 3.24. The maximum atomic E-state index is 12.0. The molecule has 1 aromatic carbocycles. The fourth-order valence-electron chi connectivity index (χ4n) is 2.38. The predicted octanol–water partition coefficient (Wildman–Crippen LogP) is 1.22. The van der Waals surface area contributed by atoms with Gasteiger partial charge in [-0.25, -0.2) is 5.43 Å². The molecule has 126 valence electrons. The molecule has 2 amide bonds. The number of rotatable bonds is 4. The zero-order chi connectivity index (χ0) is 17.8. The number of benzene rings is 1. The van der Waals surface area contributed by atoms with Gasteiger partial charge in [0.2, 0.25) is 0 Å². The molecule has 3 rings (SSSR count). The van der Waals surface area contributed by atoms with Gasteiger partial charge in [-0.1, -0.05) is 22.0 Å². The lowest BCUT2D eigenvalue weighted by Gasteiger charge is -2.05. The average Bonchev–Trinajstić information content (AvgIpc) is 2.93. The van der Waals surface area contributed by atoms with Gasteiger partial charge in [0.15, 0.2) is 5.78 Å². The second-order valence-corrected chi connectivity index (χ2v) is 6.23. The molecule has 0 fully saturated rings. The molecule has 0 atom stereocenters. The Bertz CT molecular complexity index is 881. The van der Waals surface area contributed by atoms with Gasteiger partial charge in [-0.05, 0) is 29.8 Å². The van der Waals surface area contributed by atoms with Crippen LogP contribution in [0.2, 0.25) is 0 Å². The summed E-state index contributed by atoms with van der Waals surface area (Å²) < 4.78 is 0.824. The van der Waals surface area contributed by atoms with E-state index in [-0.39, 0.29) is 24.5 Å². The van der Waals surface area contributed by atoms with Crippen molar-refractivity contribution < 1.29 is 14.4 Å². The van der Waals surface area contributed by atoms with E-state index in [1.54, 1.807) is 18.2 Å². The zero-order valence-corrected chi connectivity index (χ0v) is 14.5. The predicted molar refractivity (Wildman–Crippen MR) is 94.1 cm³/mol. The first-order chi connectivity index (χ1) is 12.0. The number of amides is 2. The SMILES string of the molecule is O=C(CNC(=O)c1ccncc1)N/N=C1\C(=O)Cc2ccc(Br)cc21. The summed E-state index contributed by atoms with van der Waals surface area (Å²) in [5.41, 5.74) is 4.49. The van der Waals surface area contributed by atoms with Crippen LogP contribution in [0.25, 0.3) is 0 Å². The summed E-state index contributed by atoms with van der Waals surface area (Å²) in [4.78, 5) is 39.6. The summed E-state index contributed by atoms with van der Waals surface area (Å²) >= 11 is 3.35.